The van der Waals surface area contributed by atoms with E-state index in [4.69, 9.17) is 23.2 Å². The molecule has 0 bridgehead atoms. The predicted molar refractivity (Wildman–Crippen MR) is 104 cm³/mol. The van der Waals surface area contributed by atoms with Crippen molar-refractivity contribution in [1.29, 1.82) is 0 Å². The number of rotatable bonds is 7. The lowest BCUT2D eigenvalue weighted by Crippen LogP contribution is -2.87. The zero-order chi connectivity index (χ0) is 19.1. The standard InChI is InChI=1S/C19H21Cl2N3O2/c1-13(14-7-4-3-5-8-14)22-11-18(26)24(2)12-17(25)23-19-15(20)9-6-10-16(19)21/h3-10,13,22H,11-12H2,1-2H3,(H,23,25)/p+1/t13-/m0/s1. The third-order valence-electron chi connectivity index (χ3n) is 4.01. The van der Waals surface area contributed by atoms with Gasteiger partial charge in [-0.1, -0.05) is 59.6 Å². The van der Waals surface area contributed by atoms with Crippen molar-refractivity contribution in [3.63, 3.8) is 0 Å². The summed E-state index contributed by atoms with van der Waals surface area (Å²) in [5, 5.41) is 5.29. The van der Waals surface area contributed by atoms with E-state index < -0.39 is 0 Å². The van der Waals surface area contributed by atoms with Crippen molar-refractivity contribution in [3.05, 3.63) is 64.1 Å². The minimum atomic E-state index is -0.355. The number of carbonyl (C=O) groups excluding carboxylic acids is 2. The number of nitrogens with zero attached hydrogens (tertiary/aromatic N) is 1. The fourth-order valence-corrected chi connectivity index (χ4v) is 2.92. The first-order valence-electron chi connectivity index (χ1n) is 8.24. The smallest absolute Gasteiger partial charge is 0.277 e. The van der Waals surface area contributed by atoms with Gasteiger partial charge in [-0.3, -0.25) is 9.59 Å². The number of carbonyl (C=O) groups is 2. The van der Waals surface area contributed by atoms with Gasteiger partial charge in [-0.2, -0.15) is 0 Å². The molecule has 0 fully saturated rings. The Hall–Kier alpha value is -2.08. The average molecular weight is 395 g/mol. The Morgan fingerprint density at radius 2 is 1.69 bits per heavy atom. The Morgan fingerprint density at radius 3 is 2.31 bits per heavy atom. The third-order valence-corrected chi connectivity index (χ3v) is 4.64. The Morgan fingerprint density at radius 1 is 1.08 bits per heavy atom. The molecule has 0 radical (unpaired) electrons. The molecule has 2 amide bonds. The number of likely N-dealkylation sites (N-methyl/N-ethyl adjacent to an activating group) is 1. The number of nitrogens with one attached hydrogen (secondary N) is 1. The van der Waals surface area contributed by atoms with Crippen LogP contribution in [0.4, 0.5) is 5.69 Å². The number of hydrogen-bond donors (Lipinski definition) is 2. The minimum Gasteiger partial charge on any atom is -0.333 e. The SMILES string of the molecule is C[C@H]([NH2+]CC(=O)N(C)CC(=O)Nc1c(Cl)cccc1Cl)c1ccccc1. The Kier molecular flexibility index (Phi) is 7.45. The molecule has 0 aliphatic carbocycles. The molecule has 0 heterocycles. The Labute approximate surface area is 163 Å². The maximum absolute atomic E-state index is 12.3. The van der Waals surface area contributed by atoms with Crippen LogP contribution in [0, 0.1) is 0 Å². The first kappa shape index (κ1) is 20.2. The van der Waals surface area contributed by atoms with Crippen LogP contribution in [-0.4, -0.2) is 36.9 Å². The van der Waals surface area contributed by atoms with Crippen LogP contribution >= 0.6 is 23.2 Å². The van der Waals surface area contributed by atoms with E-state index in [1.165, 1.54) is 4.90 Å². The molecule has 2 aromatic rings. The zero-order valence-electron chi connectivity index (χ0n) is 14.7. The quantitative estimate of drug-likeness (QED) is 0.757. The summed E-state index contributed by atoms with van der Waals surface area (Å²) < 4.78 is 0. The number of halogens is 2. The van der Waals surface area contributed by atoms with E-state index in [1.54, 1.807) is 25.2 Å². The molecule has 3 N–H and O–H groups in total. The van der Waals surface area contributed by atoms with Gasteiger partial charge in [0.05, 0.1) is 22.3 Å². The predicted octanol–water partition coefficient (Wildman–Crippen LogP) is 2.71. The summed E-state index contributed by atoms with van der Waals surface area (Å²) in [5.41, 5.74) is 1.50. The molecule has 5 nitrogen and oxygen atoms in total. The van der Waals surface area contributed by atoms with Crippen LogP contribution in [0.25, 0.3) is 0 Å². The van der Waals surface area contributed by atoms with Crippen LogP contribution in [0.15, 0.2) is 48.5 Å². The van der Waals surface area contributed by atoms with Gasteiger partial charge in [-0.05, 0) is 19.1 Å². The average Bonchev–Trinajstić information content (AvgIpc) is 2.63. The van der Waals surface area contributed by atoms with E-state index in [0.29, 0.717) is 15.7 Å². The first-order chi connectivity index (χ1) is 12.4. The van der Waals surface area contributed by atoms with Gasteiger partial charge in [0.1, 0.15) is 6.04 Å². The highest BCUT2D eigenvalue weighted by Crippen LogP contribution is 2.29. The molecule has 138 valence electrons. The molecule has 0 aromatic heterocycles. The summed E-state index contributed by atoms with van der Waals surface area (Å²) in [4.78, 5) is 25.8. The second kappa shape index (κ2) is 9.57. The van der Waals surface area contributed by atoms with Crippen LogP contribution in [0.3, 0.4) is 0 Å². The van der Waals surface area contributed by atoms with Crippen LogP contribution < -0.4 is 10.6 Å². The van der Waals surface area contributed by atoms with E-state index in [-0.39, 0.29) is 30.9 Å². The summed E-state index contributed by atoms with van der Waals surface area (Å²) in [7, 11) is 1.59. The Balaban J connectivity index is 1.83. The largest absolute Gasteiger partial charge is 0.333 e. The molecule has 0 aliphatic heterocycles. The highest BCUT2D eigenvalue weighted by molar-refractivity contribution is 6.39. The fourth-order valence-electron chi connectivity index (χ4n) is 2.43. The van der Waals surface area contributed by atoms with E-state index in [1.807, 2.05) is 42.6 Å². The minimum absolute atomic E-state index is 0.0755. The van der Waals surface area contributed by atoms with Gasteiger partial charge in [0.2, 0.25) is 5.91 Å². The van der Waals surface area contributed by atoms with Crippen molar-refractivity contribution in [2.75, 3.05) is 25.5 Å². The molecule has 2 aromatic carbocycles. The summed E-state index contributed by atoms with van der Waals surface area (Å²) in [6, 6.07) is 15.1. The van der Waals surface area contributed by atoms with Gasteiger partial charge >= 0.3 is 0 Å². The number of para-hydroxylation sites is 1. The van der Waals surface area contributed by atoms with Crippen LogP contribution in [0.5, 0.6) is 0 Å². The molecule has 0 unspecified atom stereocenters. The molecular formula is C19H22Cl2N3O2+. The van der Waals surface area contributed by atoms with Crippen molar-refractivity contribution >= 4 is 40.7 Å². The number of nitrogens with two attached hydrogens (primary N) is 1. The Bertz CT molecular complexity index is 748. The van der Waals surface area contributed by atoms with Crippen LogP contribution in [0.1, 0.15) is 18.5 Å². The zero-order valence-corrected chi connectivity index (χ0v) is 16.2. The van der Waals surface area contributed by atoms with Crippen LogP contribution in [-0.2, 0) is 9.59 Å². The van der Waals surface area contributed by atoms with E-state index >= 15 is 0 Å². The van der Waals surface area contributed by atoms with Crippen molar-refractivity contribution in [2.24, 2.45) is 0 Å². The fraction of sp³-hybridized carbons (Fsp3) is 0.263. The van der Waals surface area contributed by atoms with Crippen molar-refractivity contribution in [2.45, 2.75) is 13.0 Å². The second-order valence-corrected chi connectivity index (χ2v) is 6.85. The van der Waals surface area contributed by atoms with Crippen molar-refractivity contribution in [1.82, 2.24) is 4.90 Å². The van der Waals surface area contributed by atoms with Gasteiger partial charge < -0.3 is 15.5 Å². The number of hydrogen-bond acceptors (Lipinski definition) is 2. The summed E-state index contributed by atoms with van der Waals surface area (Å²) in [5.74, 6) is -0.486. The molecule has 26 heavy (non-hydrogen) atoms. The molecular weight excluding hydrogens is 373 g/mol. The molecule has 1 atom stereocenters. The van der Waals surface area contributed by atoms with E-state index in [9.17, 15) is 9.59 Å². The number of quaternary nitrogens is 1. The summed E-state index contributed by atoms with van der Waals surface area (Å²) >= 11 is 12.1. The van der Waals surface area contributed by atoms with Gasteiger partial charge in [-0.25, -0.2) is 0 Å². The normalized spacial score (nSPS) is 11.7. The highest BCUT2D eigenvalue weighted by atomic mass is 35.5. The van der Waals surface area contributed by atoms with Gasteiger partial charge in [0, 0.05) is 12.6 Å². The highest BCUT2D eigenvalue weighted by Gasteiger charge is 2.18. The van der Waals surface area contributed by atoms with E-state index in [0.717, 1.165) is 5.56 Å². The maximum atomic E-state index is 12.3. The lowest BCUT2D eigenvalue weighted by molar-refractivity contribution is -0.683. The molecule has 0 saturated carbocycles. The molecule has 0 saturated heterocycles. The lowest BCUT2D eigenvalue weighted by atomic mass is 10.1. The molecule has 0 aliphatic rings. The van der Waals surface area contributed by atoms with Gasteiger partial charge in [0.15, 0.2) is 6.54 Å². The van der Waals surface area contributed by atoms with Crippen molar-refractivity contribution in [3.8, 4) is 0 Å². The summed E-state index contributed by atoms with van der Waals surface area (Å²) in [6.45, 7) is 2.22. The van der Waals surface area contributed by atoms with Crippen molar-refractivity contribution < 1.29 is 14.9 Å². The summed E-state index contributed by atoms with van der Waals surface area (Å²) in [6.07, 6.45) is 0. The number of anilines is 1. The van der Waals surface area contributed by atoms with Crippen LogP contribution in [0.2, 0.25) is 10.0 Å². The maximum Gasteiger partial charge on any atom is 0.277 e. The number of amides is 2. The topological polar surface area (TPSA) is 66.0 Å². The third kappa shape index (κ3) is 5.73. The van der Waals surface area contributed by atoms with Gasteiger partial charge in [0.25, 0.3) is 5.91 Å². The van der Waals surface area contributed by atoms with Gasteiger partial charge in [-0.15, -0.1) is 0 Å². The van der Waals surface area contributed by atoms with E-state index in [2.05, 4.69) is 5.32 Å². The number of benzene rings is 2. The lowest BCUT2D eigenvalue weighted by Gasteiger charge is -2.18. The first-order valence-corrected chi connectivity index (χ1v) is 9.00. The molecule has 0 spiro atoms. The molecule has 2 rings (SSSR count). The monoisotopic (exact) mass is 394 g/mol. The molecule has 7 heteroatoms. The second-order valence-electron chi connectivity index (χ2n) is 6.03.